The Balaban J connectivity index is 1.91. The average Bonchev–Trinajstić information content (AvgIpc) is 2.89. The van der Waals surface area contributed by atoms with Crippen LogP contribution in [0, 0.1) is 0 Å². The van der Waals surface area contributed by atoms with Crippen molar-refractivity contribution in [2.24, 2.45) is 0 Å². The lowest BCUT2D eigenvalue weighted by molar-refractivity contribution is 0.256. The van der Waals surface area contributed by atoms with Gasteiger partial charge in [0.2, 0.25) is 0 Å². The molecule has 0 fully saturated rings. The first-order valence-corrected chi connectivity index (χ1v) is 12.6. The number of pyridine rings is 1. The molecule has 1 aromatic heterocycles. The maximum absolute atomic E-state index is 4.21. The summed E-state index contributed by atoms with van der Waals surface area (Å²) in [6.07, 6.45) is 11.8. The van der Waals surface area contributed by atoms with Gasteiger partial charge in [-0.3, -0.25) is 9.88 Å². The quantitative estimate of drug-likeness (QED) is 0.266. The summed E-state index contributed by atoms with van der Waals surface area (Å²) in [4.78, 5) is 9.29. The molecule has 0 bridgehead atoms. The van der Waals surface area contributed by atoms with Gasteiger partial charge in [-0.2, -0.15) is 0 Å². The van der Waals surface area contributed by atoms with E-state index in [-0.39, 0.29) is 0 Å². The Kier molecular flexibility index (Phi) is 10.6. The third-order valence-electron chi connectivity index (χ3n) is 5.96. The highest BCUT2D eigenvalue weighted by Gasteiger charge is 2.18. The lowest BCUT2D eigenvalue weighted by Gasteiger charge is -2.34. The number of allylic oxidation sites excluding steroid dienone is 2. The second-order valence-corrected chi connectivity index (χ2v) is 8.64. The van der Waals surface area contributed by atoms with Crippen LogP contribution in [-0.2, 0) is 13.1 Å². The minimum Gasteiger partial charge on any atom is -0.344 e. The van der Waals surface area contributed by atoms with Gasteiger partial charge in [0.25, 0.3) is 0 Å². The van der Waals surface area contributed by atoms with Crippen LogP contribution < -0.4 is 0 Å². The number of aromatic nitrogens is 1. The highest BCUT2D eigenvalue weighted by Crippen LogP contribution is 2.26. The van der Waals surface area contributed by atoms with Gasteiger partial charge in [-0.25, -0.2) is 0 Å². The number of rotatable bonds is 13. The van der Waals surface area contributed by atoms with Crippen LogP contribution in [0.15, 0.2) is 103 Å². The molecule has 0 aliphatic heterocycles. The van der Waals surface area contributed by atoms with E-state index in [1.165, 1.54) is 34.5 Å². The Labute approximate surface area is 206 Å². The van der Waals surface area contributed by atoms with Crippen LogP contribution in [0.25, 0.3) is 5.70 Å². The van der Waals surface area contributed by atoms with Crippen LogP contribution in [0.3, 0.4) is 0 Å². The van der Waals surface area contributed by atoms with Gasteiger partial charge in [-0.1, -0.05) is 93.1 Å². The lowest BCUT2D eigenvalue weighted by atomic mass is 10.1. The molecule has 3 heteroatoms. The summed E-state index contributed by atoms with van der Waals surface area (Å²) >= 11 is 0. The van der Waals surface area contributed by atoms with E-state index in [1.807, 2.05) is 12.4 Å². The van der Waals surface area contributed by atoms with Crippen molar-refractivity contribution >= 4 is 5.70 Å². The third kappa shape index (κ3) is 7.71. The van der Waals surface area contributed by atoms with Crippen molar-refractivity contribution in [3.63, 3.8) is 0 Å². The molecule has 34 heavy (non-hydrogen) atoms. The molecule has 0 saturated carbocycles. The van der Waals surface area contributed by atoms with Crippen molar-refractivity contribution in [3.05, 3.63) is 120 Å². The fourth-order valence-corrected chi connectivity index (χ4v) is 4.24. The molecule has 0 N–H and O–H groups in total. The number of hydrogen-bond donors (Lipinski definition) is 0. The summed E-state index contributed by atoms with van der Waals surface area (Å²) in [5.74, 6) is 0. The molecule has 0 atom stereocenters. The number of benzene rings is 2. The first kappa shape index (κ1) is 25.5. The number of unbranched alkanes of at least 4 members (excludes halogenated alkanes) is 1. The summed E-state index contributed by atoms with van der Waals surface area (Å²) in [5.41, 5.74) is 6.56. The lowest BCUT2D eigenvalue weighted by Crippen LogP contribution is -2.33. The molecule has 1 heterocycles. The molecule has 0 spiro atoms. The van der Waals surface area contributed by atoms with E-state index in [1.54, 1.807) is 0 Å². The van der Waals surface area contributed by atoms with E-state index in [4.69, 9.17) is 0 Å². The van der Waals surface area contributed by atoms with Gasteiger partial charge in [0, 0.05) is 50.0 Å². The minimum absolute atomic E-state index is 0.880. The monoisotopic (exact) mass is 453 g/mol. The van der Waals surface area contributed by atoms with Crippen molar-refractivity contribution in [3.8, 4) is 0 Å². The van der Waals surface area contributed by atoms with Crippen molar-refractivity contribution in [2.75, 3.05) is 13.1 Å². The summed E-state index contributed by atoms with van der Waals surface area (Å²) in [7, 11) is 0. The molecule has 2 aromatic carbocycles. The van der Waals surface area contributed by atoms with Crippen molar-refractivity contribution in [2.45, 2.75) is 53.1 Å². The van der Waals surface area contributed by atoms with E-state index in [9.17, 15) is 0 Å². The van der Waals surface area contributed by atoms with E-state index in [0.717, 1.165) is 39.0 Å². The van der Waals surface area contributed by atoms with Crippen LogP contribution in [0.1, 0.15) is 56.7 Å². The summed E-state index contributed by atoms with van der Waals surface area (Å²) < 4.78 is 0. The van der Waals surface area contributed by atoms with Crippen LogP contribution in [0.4, 0.5) is 0 Å². The van der Waals surface area contributed by atoms with Gasteiger partial charge < -0.3 is 4.90 Å². The Morgan fingerprint density at radius 2 is 1.44 bits per heavy atom. The van der Waals surface area contributed by atoms with Crippen LogP contribution >= 0.6 is 0 Å². The Bertz CT molecular complexity index is 969. The van der Waals surface area contributed by atoms with Gasteiger partial charge in [-0.05, 0) is 48.6 Å². The molecular formula is C31H39N3. The van der Waals surface area contributed by atoms with Crippen LogP contribution in [0.2, 0.25) is 0 Å². The van der Waals surface area contributed by atoms with Gasteiger partial charge in [0.1, 0.15) is 0 Å². The molecule has 3 nitrogen and oxygen atoms in total. The summed E-state index contributed by atoms with van der Waals surface area (Å²) in [5, 5.41) is 0. The largest absolute Gasteiger partial charge is 0.344 e. The van der Waals surface area contributed by atoms with Gasteiger partial charge in [0.05, 0.1) is 0 Å². The van der Waals surface area contributed by atoms with Gasteiger partial charge in [-0.15, -0.1) is 0 Å². The molecule has 178 valence electrons. The highest BCUT2D eigenvalue weighted by atomic mass is 15.2. The second-order valence-electron chi connectivity index (χ2n) is 8.64. The molecule has 0 amide bonds. The van der Waals surface area contributed by atoms with E-state index < -0.39 is 0 Å². The first-order valence-electron chi connectivity index (χ1n) is 12.6. The summed E-state index contributed by atoms with van der Waals surface area (Å²) in [6.45, 7) is 10.4. The highest BCUT2D eigenvalue weighted by molar-refractivity contribution is 5.65. The SMILES string of the molecule is C/C=C(/CN(Cc1ccccc1)Cc1ccncc1)N(CCCC)/C(=C/CC)c1ccccc1. The second kappa shape index (κ2) is 14.2. The molecular weight excluding hydrogens is 414 g/mol. The molecule has 0 unspecified atom stereocenters. The van der Waals surface area contributed by atoms with Crippen LogP contribution in [0.5, 0.6) is 0 Å². The van der Waals surface area contributed by atoms with E-state index >= 15 is 0 Å². The number of nitrogens with zero attached hydrogens (tertiary/aromatic N) is 3. The Morgan fingerprint density at radius 1 is 0.824 bits per heavy atom. The van der Waals surface area contributed by atoms with Crippen LogP contribution in [-0.4, -0.2) is 27.9 Å². The average molecular weight is 454 g/mol. The molecule has 3 aromatic rings. The van der Waals surface area contributed by atoms with E-state index in [2.05, 4.69) is 121 Å². The van der Waals surface area contributed by atoms with E-state index in [0.29, 0.717) is 0 Å². The predicted molar refractivity (Wildman–Crippen MR) is 145 cm³/mol. The molecule has 0 aliphatic carbocycles. The van der Waals surface area contributed by atoms with Crippen molar-refractivity contribution in [1.82, 2.24) is 14.8 Å². The smallest absolute Gasteiger partial charge is 0.0441 e. The summed E-state index contributed by atoms with van der Waals surface area (Å²) in [6, 6.07) is 25.8. The van der Waals surface area contributed by atoms with Crippen molar-refractivity contribution < 1.29 is 0 Å². The Morgan fingerprint density at radius 3 is 2.03 bits per heavy atom. The first-order chi connectivity index (χ1) is 16.7. The number of hydrogen-bond acceptors (Lipinski definition) is 3. The normalized spacial score (nSPS) is 12.2. The fraction of sp³-hybridized carbons (Fsp3) is 0.323. The topological polar surface area (TPSA) is 19.4 Å². The third-order valence-corrected chi connectivity index (χ3v) is 5.96. The zero-order valence-corrected chi connectivity index (χ0v) is 21.0. The zero-order chi connectivity index (χ0) is 24.0. The Hall–Kier alpha value is -3.17. The van der Waals surface area contributed by atoms with Gasteiger partial charge >= 0.3 is 0 Å². The van der Waals surface area contributed by atoms with Crippen molar-refractivity contribution in [1.29, 1.82) is 0 Å². The molecule has 0 radical (unpaired) electrons. The minimum atomic E-state index is 0.880. The fourth-order valence-electron chi connectivity index (χ4n) is 4.24. The maximum Gasteiger partial charge on any atom is 0.0441 e. The molecule has 3 rings (SSSR count). The zero-order valence-electron chi connectivity index (χ0n) is 21.0. The molecule has 0 saturated heterocycles. The standard InChI is InChI=1S/C31H39N3/c1-4-7-23-34(31(14-5-2)29-17-12-9-13-18-29)30(6-3)26-33(24-27-15-10-8-11-16-27)25-28-19-21-32-22-20-28/h6,8-22H,4-5,7,23-26H2,1-3H3/b30-6-,31-14+. The maximum atomic E-state index is 4.21. The molecule has 0 aliphatic rings. The van der Waals surface area contributed by atoms with Gasteiger partial charge in [0.15, 0.2) is 0 Å². The predicted octanol–water partition coefficient (Wildman–Crippen LogP) is 7.54.